The number of rotatable bonds is 4. The third kappa shape index (κ3) is 3.75. The number of thiophene rings is 2. The van der Waals surface area contributed by atoms with Crippen LogP contribution in [0.25, 0.3) is 21.6 Å². The van der Waals surface area contributed by atoms with E-state index in [9.17, 15) is 4.79 Å². The smallest absolute Gasteiger partial charge is 0.252 e. The minimum absolute atomic E-state index is 0.0252. The van der Waals surface area contributed by atoms with Gasteiger partial charge in [0.15, 0.2) is 5.82 Å². The number of carbonyl (C=O) groups excluding carboxylic acids is 1. The van der Waals surface area contributed by atoms with Crippen LogP contribution in [0.5, 0.6) is 0 Å². The van der Waals surface area contributed by atoms with Crippen molar-refractivity contribution in [3.8, 4) is 10.7 Å². The lowest BCUT2D eigenvalue weighted by Crippen LogP contribution is -2.45. The fourth-order valence-corrected chi connectivity index (χ4v) is 5.01. The first kappa shape index (κ1) is 18.3. The van der Waals surface area contributed by atoms with Gasteiger partial charge in [0.2, 0.25) is 0 Å². The molecule has 0 unspecified atom stereocenters. The van der Waals surface area contributed by atoms with E-state index in [0.717, 1.165) is 58.9 Å². The van der Waals surface area contributed by atoms with Gasteiger partial charge in [0.05, 0.1) is 10.4 Å². The van der Waals surface area contributed by atoms with Crippen molar-refractivity contribution in [2.75, 3.05) is 18.0 Å². The Morgan fingerprint density at radius 2 is 1.90 bits per heavy atom. The zero-order valence-electron chi connectivity index (χ0n) is 15.7. The van der Waals surface area contributed by atoms with Crippen molar-refractivity contribution >= 4 is 45.3 Å². The van der Waals surface area contributed by atoms with Gasteiger partial charge in [-0.05, 0) is 47.9 Å². The maximum atomic E-state index is 12.3. The average molecular weight is 421 g/mol. The van der Waals surface area contributed by atoms with E-state index in [1.54, 1.807) is 22.7 Å². The van der Waals surface area contributed by atoms with Gasteiger partial charge in [0.1, 0.15) is 5.82 Å². The van der Waals surface area contributed by atoms with E-state index in [1.165, 1.54) is 0 Å². The zero-order valence-corrected chi connectivity index (χ0v) is 17.4. The van der Waals surface area contributed by atoms with Gasteiger partial charge in [-0.15, -0.1) is 11.3 Å². The molecule has 1 saturated heterocycles. The summed E-state index contributed by atoms with van der Waals surface area (Å²) in [5.74, 6) is 1.79. The first-order valence-corrected chi connectivity index (χ1v) is 11.5. The standard InChI is InChI=1S/C22H20N4OS2/c27-22(15-9-13-28-14-15)23-16-7-10-26(11-8-16)21-17-4-1-2-5-18(17)24-20(25-21)19-6-3-12-29-19/h1-6,9,12-14,16H,7-8,10-11H2,(H,23,27). The van der Waals surface area contributed by atoms with Crippen LogP contribution < -0.4 is 10.2 Å². The van der Waals surface area contributed by atoms with Gasteiger partial charge in [-0.25, -0.2) is 9.97 Å². The van der Waals surface area contributed by atoms with Crippen molar-refractivity contribution in [2.24, 2.45) is 0 Å². The van der Waals surface area contributed by atoms with Crippen molar-refractivity contribution in [1.29, 1.82) is 0 Å². The second-order valence-electron chi connectivity index (χ2n) is 7.11. The predicted octanol–water partition coefficient (Wildman–Crippen LogP) is 4.82. The number of nitrogens with one attached hydrogen (secondary N) is 1. The second kappa shape index (κ2) is 7.93. The molecule has 4 aromatic rings. The molecule has 0 atom stereocenters. The molecule has 146 valence electrons. The summed E-state index contributed by atoms with van der Waals surface area (Å²) < 4.78 is 0. The van der Waals surface area contributed by atoms with Gasteiger partial charge < -0.3 is 10.2 Å². The number of para-hydroxylation sites is 1. The summed E-state index contributed by atoms with van der Waals surface area (Å²) in [4.78, 5) is 25.5. The Kier molecular flexibility index (Phi) is 4.99. The minimum Gasteiger partial charge on any atom is -0.356 e. The average Bonchev–Trinajstić information content (AvgIpc) is 3.48. The van der Waals surface area contributed by atoms with Gasteiger partial charge in [0, 0.05) is 35.5 Å². The molecular formula is C22H20N4OS2. The summed E-state index contributed by atoms with van der Waals surface area (Å²) in [6.07, 6.45) is 1.81. The van der Waals surface area contributed by atoms with E-state index >= 15 is 0 Å². The number of piperidine rings is 1. The van der Waals surface area contributed by atoms with Crippen LogP contribution in [0, 0.1) is 0 Å². The van der Waals surface area contributed by atoms with Crippen molar-refractivity contribution < 1.29 is 4.79 Å². The number of carbonyl (C=O) groups is 1. The molecule has 5 nitrogen and oxygen atoms in total. The van der Waals surface area contributed by atoms with Crippen molar-refractivity contribution in [3.05, 3.63) is 64.2 Å². The SMILES string of the molecule is O=C(NC1CCN(c2nc(-c3cccs3)nc3ccccc23)CC1)c1ccsc1. The number of aromatic nitrogens is 2. The van der Waals surface area contributed by atoms with E-state index in [4.69, 9.17) is 9.97 Å². The second-order valence-corrected chi connectivity index (χ2v) is 8.84. The molecule has 1 aromatic carbocycles. The number of nitrogens with zero attached hydrogens (tertiary/aromatic N) is 3. The van der Waals surface area contributed by atoms with E-state index in [1.807, 2.05) is 41.1 Å². The highest BCUT2D eigenvalue weighted by atomic mass is 32.1. The first-order chi connectivity index (χ1) is 14.3. The molecule has 29 heavy (non-hydrogen) atoms. The highest BCUT2D eigenvalue weighted by molar-refractivity contribution is 7.13. The number of anilines is 1. The quantitative estimate of drug-likeness (QED) is 0.514. The summed E-state index contributed by atoms with van der Waals surface area (Å²) in [6.45, 7) is 1.72. The Morgan fingerprint density at radius 3 is 2.66 bits per heavy atom. The normalized spacial score (nSPS) is 15.0. The number of fused-ring (bicyclic) bond motifs is 1. The maximum Gasteiger partial charge on any atom is 0.252 e. The highest BCUT2D eigenvalue weighted by Gasteiger charge is 2.24. The highest BCUT2D eigenvalue weighted by Crippen LogP contribution is 2.31. The maximum absolute atomic E-state index is 12.3. The molecule has 4 heterocycles. The number of amides is 1. The van der Waals surface area contributed by atoms with Crippen LogP contribution in [-0.4, -0.2) is 35.0 Å². The van der Waals surface area contributed by atoms with Crippen molar-refractivity contribution in [3.63, 3.8) is 0 Å². The fourth-order valence-electron chi connectivity index (χ4n) is 3.71. The summed E-state index contributed by atoms with van der Waals surface area (Å²) in [7, 11) is 0. The van der Waals surface area contributed by atoms with Crippen LogP contribution >= 0.6 is 22.7 Å². The van der Waals surface area contributed by atoms with Gasteiger partial charge in [-0.1, -0.05) is 18.2 Å². The van der Waals surface area contributed by atoms with Gasteiger partial charge in [0.25, 0.3) is 5.91 Å². The summed E-state index contributed by atoms with van der Waals surface area (Å²) in [5.41, 5.74) is 1.72. The number of hydrogen-bond donors (Lipinski definition) is 1. The van der Waals surface area contributed by atoms with Crippen LogP contribution in [0.1, 0.15) is 23.2 Å². The molecule has 5 rings (SSSR count). The molecule has 7 heteroatoms. The number of hydrogen-bond acceptors (Lipinski definition) is 6. The largest absolute Gasteiger partial charge is 0.356 e. The third-order valence-electron chi connectivity index (χ3n) is 5.24. The fraction of sp³-hybridized carbons (Fsp3) is 0.227. The molecule has 1 fully saturated rings. The number of benzene rings is 1. The Morgan fingerprint density at radius 1 is 1.03 bits per heavy atom. The van der Waals surface area contributed by atoms with Gasteiger partial charge >= 0.3 is 0 Å². The molecule has 0 bridgehead atoms. The summed E-state index contributed by atoms with van der Waals surface area (Å²) in [5, 5.41) is 10.1. The molecular weight excluding hydrogens is 400 g/mol. The lowest BCUT2D eigenvalue weighted by Gasteiger charge is -2.33. The zero-order chi connectivity index (χ0) is 19.6. The molecule has 1 N–H and O–H groups in total. The lowest BCUT2D eigenvalue weighted by molar-refractivity contribution is 0.0931. The Balaban J connectivity index is 1.37. The minimum atomic E-state index is 0.0252. The van der Waals surface area contributed by atoms with Crippen LogP contribution in [0.15, 0.2) is 58.6 Å². The molecule has 0 aliphatic carbocycles. The third-order valence-corrected chi connectivity index (χ3v) is 6.79. The Bertz CT molecular complexity index is 1120. The molecule has 1 aliphatic rings. The lowest BCUT2D eigenvalue weighted by atomic mass is 10.0. The van der Waals surface area contributed by atoms with E-state index < -0.39 is 0 Å². The summed E-state index contributed by atoms with van der Waals surface area (Å²) in [6, 6.07) is 14.3. The van der Waals surface area contributed by atoms with Crippen molar-refractivity contribution in [1.82, 2.24) is 15.3 Å². The van der Waals surface area contributed by atoms with E-state index in [-0.39, 0.29) is 11.9 Å². The molecule has 0 radical (unpaired) electrons. The van der Waals surface area contributed by atoms with Crippen LogP contribution in [0.3, 0.4) is 0 Å². The van der Waals surface area contributed by atoms with Crippen LogP contribution in [0.4, 0.5) is 5.82 Å². The molecule has 1 amide bonds. The van der Waals surface area contributed by atoms with Gasteiger partial charge in [-0.2, -0.15) is 11.3 Å². The first-order valence-electron chi connectivity index (χ1n) is 9.66. The summed E-state index contributed by atoms with van der Waals surface area (Å²) >= 11 is 3.20. The topological polar surface area (TPSA) is 58.1 Å². The van der Waals surface area contributed by atoms with E-state index in [0.29, 0.717) is 0 Å². The van der Waals surface area contributed by atoms with Crippen LogP contribution in [0.2, 0.25) is 0 Å². The van der Waals surface area contributed by atoms with Crippen molar-refractivity contribution in [2.45, 2.75) is 18.9 Å². The van der Waals surface area contributed by atoms with Gasteiger partial charge in [-0.3, -0.25) is 4.79 Å². The molecule has 0 saturated carbocycles. The molecule has 0 spiro atoms. The Labute approximate surface area is 177 Å². The van der Waals surface area contributed by atoms with E-state index in [2.05, 4.69) is 27.7 Å². The molecule has 3 aromatic heterocycles. The monoisotopic (exact) mass is 420 g/mol. The van der Waals surface area contributed by atoms with Crippen LogP contribution in [-0.2, 0) is 0 Å². The molecule has 1 aliphatic heterocycles. The Hall–Kier alpha value is -2.77. The predicted molar refractivity (Wildman–Crippen MR) is 120 cm³/mol.